The van der Waals surface area contributed by atoms with Crippen LogP contribution in [-0.4, -0.2) is 10.9 Å². The molecule has 1 aromatic carbocycles. The fourth-order valence-electron chi connectivity index (χ4n) is 2.56. The van der Waals surface area contributed by atoms with Crippen molar-refractivity contribution < 1.29 is 13.6 Å². The molecule has 0 radical (unpaired) electrons. The summed E-state index contributed by atoms with van der Waals surface area (Å²) in [5.74, 6) is 0.232. The van der Waals surface area contributed by atoms with Crippen molar-refractivity contribution in [3.05, 3.63) is 77.4 Å². The molecule has 3 heterocycles. The highest BCUT2D eigenvalue weighted by atomic mass is 32.1. The lowest BCUT2D eigenvalue weighted by Crippen LogP contribution is -2.21. The summed E-state index contributed by atoms with van der Waals surface area (Å²) in [6, 6.07) is 11.8. The third-order valence-corrected chi connectivity index (χ3v) is 4.87. The Kier molecular flexibility index (Phi) is 4.03. The molecule has 0 aliphatic heterocycles. The number of carbonyl (C=O) groups is 1. The molecule has 0 saturated carbocycles. The highest BCUT2D eigenvalue weighted by Gasteiger charge is 2.11. The van der Waals surface area contributed by atoms with Crippen molar-refractivity contribution in [1.29, 1.82) is 0 Å². The van der Waals surface area contributed by atoms with E-state index in [1.165, 1.54) is 23.5 Å². The first-order chi connectivity index (χ1) is 12.2. The molecular weight excluding hydrogens is 339 g/mol. The van der Waals surface area contributed by atoms with Crippen molar-refractivity contribution in [3.63, 3.8) is 0 Å². The molecule has 6 heteroatoms. The van der Waals surface area contributed by atoms with Gasteiger partial charge in [0.15, 0.2) is 0 Å². The van der Waals surface area contributed by atoms with E-state index in [-0.39, 0.29) is 11.7 Å². The number of benzene rings is 1. The number of halogens is 1. The third kappa shape index (κ3) is 3.29. The molecular formula is C19H13FN2O2S. The number of nitrogens with one attached hydrogen (secondary N) is 1. The van der Waals surface area contributed by atoms with Gasteiger partial charge in [0.2, 0.25) is 0 Å². The van der Waals surface area contributed by atoms with Gasteiger partial charge in [0.05, 0.1) is 11.1 Å². The zero-order valence-electron chi connectivity index (χ0n) is 13.0. The average molecular weight is 352 g/mol. The van der Waals surface area contributed by atoms with Crippen LogP contribution in [0.3, 0.4) is 0 Å². The molecule has 0 saturated heterocycles. The number of furan rings is 1. The first-order valence-corrected chi connectivity index (χ1v) is 8.46. The first kappa shape index (κ1) is 15.5. The Morgan fingerprint density at radius 1 is 1.20 bits per heavy atom. The first-order valence-electron chi connectivity index (χ1n) is 7.64. The standard InChI is InChI=1S/C19H13FN2O2S/c20-15-3-4-17-13(7-15)8-18(25-17)19(23)22-10-12-6-14(11-21-9-12)16-2-1-5-24-16/h1-9,11H,10H2,(H,22,23). The monoisotopic (exact) mass is 352 g/mol. The van der Waals surface area contributed by atoms with Gasteiger partial charge in [0.25, 0.3) is 5.91 Å². The predicted octanol–water partition coefficient (Wildman–Crippen LogP) is 4.63. The maximum Gasteiger partial charge on any atom is 0.261 e. The second-order valence-corrected chi connectivity index (χ2v) is 6.62. The van der Waals surface area contributed by atoms with E-state index in [1.807, 2.05) is 18.2 Å². The maximum absolute atomic E-state index is 13.3. The van der Waals surface area contributed by atoms with E-state index >= 15 is 0 Å². The van der Waals surface area contributed by atoms with Crippen molar-refractivity contribution in [3.8, 4) is 11.3 Å². The van der Waals surface area contributed by atoms with E-state index in [4.69, 9.17) is 4.42 Å². The molecule has 25 heavy (non-hydrogen) atoms. The molecule has 124 valence electrons. The smallest absolute Gasteiger partial charge is 0.261 e. The van der Waals surface area contributed by atoms with Crippen molar-refractivity contribution in [1.82, 2.24) is 10.3 Å². The number of hydrogen-bond donors (Lipinski definition) is 1. The predicted molar refractivity (Wildman–Crippen MR) is 94.9 cm³/mol. The van der Waals surface area contributed by atoms with E-state index in [0.29, 0.717) is 11.4 Å². The van der Waals surface area contributed by atoms with Gasteiger partial charge in [-0.3, -0.25) is 9.78 Å². The van der Waals surface area contributed by atoms with Gasteiger partial charge in [-0.05, 0) is 53.4 Å². The highest BCUT2D eigenvalue weighted by Crippen LogP contribution is 2.26. The van der Waals surface area contributed by atoms with E-state index in [2.05, 4.69) is 10.3 Å². The second kappa shape index (κ2) is 6.49. The van der Waals surface area contributed by atoms with Crippen LogP contribution in [0.2, 0.25) is 0 Å². The number of nitrogens with zero attached hydrogens (tertiary/aromatic N) is 1. The van der Waals surface area contributed by atoms with Gasteiger partial charge in [-0.1, -0.05) is 0 Å². The summed E-state index contributed by atoms with van der Waals surface area (Å²) in [6.07, 6.45) is 5.02. The molecule has 0 aliphatic carbocycles. The summed E-state index contributed by atoms with van der Waals surface area (Å²) in [4.78, 5) is 17.1. The van der Waals surface area contributed by atoms with Crippen molar-refractivity contribution in [2.45, 2.75) is 6.54 Å². The lowest BCUT2D eigenvalue weighted by Gasteiger charge is -2.05. The van der Waals surface area contributed by atoms with Crippen LogP contribution in [0.15, 0.2) is 65.5 Å². The van der Waals surface area contributed by atoms with Gasteiger partial charge in [0, 0.05) is 29.2 Å². The Morgan fingerprint density at radius 3 is 2.96 bits per heavy atom. The van der Waals surface area contributed by atoms with E-state index in [0.717, 1.165) is 27.0 Å². The summed E-state index contributed by atoms with van der Waals surface area (Å²) < 4.78 is 19.5. The fraction of sp³-hybridized carbons (Fsp3) is 0.0526. The summed E-state index contributed by atoms with van der Waals surface area (Å²) >= 11 is 1.34. The Labute approximate surface area is 146 Å². The summed E-state index contributed by atoms with van der Waals surface area (Å²) in [7, 11) is 0. The number of aromatic nitrogens is 1. The molecule has 0 unspecified atom stereocenters. The molecule has 3 aromatic heterocycles. The van der Waals surface area contributed by atoms with Gasteiger partial charge in [0.1, 0.15) is 11.6 Å². The molecule has 4 rings (SSSR count). The number of fused-ring (bicyclic) bond motifs is 1. The number of hydrogen-bond acceptors (Lipinski definition) is 4. The van der Waals surface area contributed by atoms with Crippen LogP contribution in [0.5, 0.6) is 0 Å². The quantitative estimate of drug-likeness (QED) is 0.583. The Hall–Kier alpha value is -2.99. The number of amides is 1. The van der Waals surface area contributed by atoms with Crippen molar-refractivity contribution in [2.75, 3.05) is 0 Å². The molecule has 0 atom stereocenters. The minimum Gasteiger partial charge on any atom is -0.464 e. The number of thiophene rings is 1. The van der Waals surface area contributed by atoms with Gasteiger partial charge < -0.3 is 9.73 Å². The molecule has 0 bridgehead atoms. The minimum atomic E-state index is -0.307. The Balaban J connectivity index is 1.48. The molecule has 0 spiro atoms. The zero-order valence-corrected chi connectivity index (χ0v) is 13.8. The average Bonchev–Trinajstić information content (AvgIpc) is 3.29. The summed E-state index contributed by atoms with van der Waals surface area (Å²) in [6.45, 7) is 0.350. The van der Waals surface area contributed by atoms with Gasteiger partial charge in [-0.25, -0.2) is 4.39 Å². The van der Waals surface area contributed by atoms with Gasteiger partial charge in [-0.2, -0.15) is 0 Å². The number of pyridine rings is 1. The molecule has 1 N–H and O–H groups in total. The van der Waals surface area contributed by atoms with E-state index in [1.54, 1.807) is 30.8 Å². The second-order valence-electron chi connectivity index (χ2n) is 5.53. The van der Waals surface area contributed by atoms with Gasteiger partial charge >= 0.3 is 0 Å². The van der Waals surface area contributed by atoms with Crippen LogP contribution in [0, 0.1) is 5.82 Å². The van der Waals surface area contributed by atoms with Crippen LogP contribution in [0.4, 0.5) is 4.39 Å². The molecule has 0 aliphatic rings. The fourth-order valence-corrected chi connectivity index (χ4v) is 3.52. The Bertz CT molecular complexity index is 1040. The Morgan fingerprint density at radius 2 is 2.12 bits per heavy atom. The van der Waals surface area contributed by atoms with Crippen LogP contribution in [0.25, 0.3) is 21.4 Å². The van der Waals surface area contributed by atoms with Gasteiger partial charge in [-0.15, -0.1) is 11.3 Å². The molecule has 4 aromatic rings. The summed E-state index contributed by atoms with van der Waals surface area (Å²) in [5, 5.41) is 3.60. The normalized spacial score (nSPS) is 10.9. The maximum atomic E-state index is 13.3. The topological polar surface area (TPSA) is 55.1 Å². The lowest BCUT2D eigenvalue weighted by molar-refractivity contribution is 0.0955. The number of rotatable bonds is 4. The van der Waals surface area contributed by atoms with Crippen LogP contribution in [0.1, 0.15) is 15.2 Å². The SMILES string of the molecule is O=C(NCc1cncc(-c2ccco2)c1)c1cc2cc(F)ccc2s1. The number of carbonyl (C=O) groups excluding carboxylic acids is 1. The minimum absolute atomic E-state index is 0.190. The largest absolute Gasteiger partial charge is 0.464 e. The van der Waals surface area contributed by atoms with E-state index < -0.39 is 0 Å². The van der Waals surface area contributed by atoms with Crippen LogP contribution >= 0.6 is 11.3 Å². The zero-order chi connectivity index (χ0) is 17.2. The van der Waals surface area contributed by atoms with Crippen molar-refractivity contribution in [2.24, 2.45) is 0 Å². The molecule has 1 amide bonds. The van der Waals surface area contributed by atoms with Crippen LogP contribution in [-0.2, 0) is 6.54 Å². The molecule has 4 nitrogen and oxygen atoms in total. The third-order valence-electron chi connectivity index (χ3n) is 3.76. The lowest BCUT2D eigenvalue weighted by atomic mass is 10.1. The van der Waals surface area contributed by atoms with Crippen LogP contribution < -0.4 is 5.32 Å². The highest BCUT2D eigenvalue weighted by molar-refractivity contribution is 7.20. The van der Waals surface area contributed by atoms with Crippen molar-refractivity contribution >= 4 is 27.3 Å². The summed E-state index contributed by atoms with van der Waals surface area (Å²) in [5.41, 5.74) is 1.73. The molecule has 0 fully saturated rings. The van der Waals surface area contributed by atoms with E-state index in [9.17, 15) is 9.18 Å².